The number of carbonyl (C=O) groups excluding carboxylic acids is 1. The second-order valence-electron chi connectivity index (χ2n) is 3.05. The van der Waals surface area contributed by atoms with E-state index in [4.69, 9.17) is 12.2 Å². The average molecular weight is 264 g/mol. The van der Waals surface area contributed by atoms with Gasteiger partial charge in [-0.3, -0.25) is 4.79 Å². The van der Waals surface area contributed by atoms with Crippen LogP contribution in [0.4, 0.5) is 0 Å². The Kier molecular flexibility index (Phi) is 3.98. The predicted octanol–water partition coefficient (Wildman–Crippen LogP) is 3.77. The molecule has 1 aliphatic rings. The number of carbonyl (C=O) groups is 1. The fourth-order valence-corrected chi connectivity index (χ4v) is 3.48. The van der Waals surface area contributed by atoms with Gasteiger partial charge in [0.05, 0.1) is 9.14 Å². The fourth-order valence-electron chi connectivity index (χ4n) is 1.19. The highest BCUT2D eigenvalue weighted by Gasteiger charge is 2.11. The zero-order chi connectivity index (χ0) is 11.4. The minimum Gasteiger partial charge on any atom is -0.297 e. The fraction of sp³-hybridized carbons (Fsp3) is 0. The van der Waals surface area contributed by atoms with E-state index in [0.29, 0.717) is 0 Å². The number of benzene rings is 1. The second-order valence-corrected chi connectivity index (χ2v) is 5.78. The third-order valence-electron chi connectivity index (χ3n) is 1.93. The molecule has 1 aromatic carbocycles. The van der Waals surface area contributed by atoms with Crippen LogP contribution < -0.4 is 0 Å². The van der Waals surface area contributed by atoms with Gasteiger partial charge in [-0.15, -0.1) is 0 Å². The second kappa shape index (κ2) is 5.48. The summed E-state index contributed by atoms with van der Waals surface area (Å²) < 4.78 is 1.05. The molecule has 0 fully saturated rings. The van der Waals surface area contributed by atoms with Gasteiger partial charge in [-0.1, -0.05) is 66.1 Å². The Labute approximate surface area is 108 Å². The van der Waals surface area contributed by atoms with Crippen LogP contribution in [0.5, 0.6) is 0 Å². The van der Waals surface area contributed by atoms with E-state index < -0.39 is 0 Å². The number of thioether (sulfide) groups is 2. The molecule has 0 bridgehead atoms. The van der Waals surface area contributed by atoms with Crippen LogP contribution in [0.25, 0.3) is 0 Å². The van der Waals surface area contributed by atoms with E-state index in [1.54, 1.807) is 11.8 Å². The molecule has 0 amide bonds. The molecular formula is C12H8OS3. The summed E-state index contributed by atoms with van der Waals surface area (Å²) in [6.07, 6.45) is 2.80. The van der Waals surface area contributed by atoms with Crippen molar-refractivity contribution in [2.75, 3.05) is 0 Å². The van der Waals surface area contributed by atoms with E-state index in [2.05, 4.69) is 0 Å². The third kappa shape index (κ3) is 2.84. The molecule has 0 aromatic heterocycles. The molecule has 0 saturated carbocycles. The molecule has 0 atom stereocenters. The van der Waals surface area contributed by atoms with Gasteiger partial charge >= 0.3 is 0 Å². The largest absolute Gasteiger partial charge is 0.297 e. The first-order valence-electron chi connectivity index (χ1n) is 4.60. The molecule has 80 valence electrons. The van der Waals surface area contributed by atoms with Gasteiger partial charge in [-0.2, -0.15) is 0 Å². The number of hydrogen-bond acceptors (Lipinski definition) is 4. The van der Waals surface area contributed by atoms with Gasteiger partial charge in [-0.05, 0) is 17.0 Å². The summed E-state index contributed by atoms with van der Waals surface area (Å²) in [4.78, 5) is 12.1. The van der Waals surface area contributed by atoms with Crippen LogP contribution >= 0.6 is 35.7 Å². The summed E-state index contributed by atoms with van der Waals surface area (Å²) in [6, 6.07) is 9.86. The Balaban J connectivity index is 2.09. The van der Waals surface area contributed by atoms with E-state index in [1.165, 1.54) is 11.8 Å². The summed E-state index contributed by atoms with van der Waals surface area (Å²) in [6.45, 7) is 0. The molecule has 0 spiro atoms. The lowest BCUT2D eigenvalue weighted by atomic mass is 10.1. The molecule has 4 heteroatoms. The van der Waals surface area contributed by atoms with E-state index in [0.717, 1.165) is 25.9 Å². The van der Waals surface area contributed by atoms with Gasteiger partial charge < -0.3 is 0 Å². The molecule has 0 unspecified atom stereocenters. The van der Waals surface area contributed by atoms with Crippen molar-refractivity contribution in [1.82, 2.24) is 0 Å². The van der Waals surface area contributed by atoms with Crippen molar-refractivity contribution in [3.8, 4) is 0 Å². The van der Waals surface area contributed by atoms with Crippen molar-refractivity contribution in [2.45, 2.75) is 0 Å². The zero-order valence-corrected chi connectivity index (χ0v) is 10.7. The van der Waals surface area contributed by atoms with Crippen molar-refractivity contribution in [2.24, 2.45) is 0 Å². The molecule has 0 radical (unpaired) electrons. The topological polar surface area (TPSA) is 17.1 Å². The van der Waals surface area contributed by atoms with Crippen molar-refractivity contribution >= 4 is 46.9 Å². The first-order valence-corrected chi connectivity index (χ1v) is 6.71. The Morgan fingerprint density at radius 2 is 2.00 bits per heavy atom. The highest BCUT2D eigenvalue weighted by molar-refractivity contribution is 8.28. The van der Waals surface area contributed by atoms with Gasteiger partial charge in [-0.25, -0.2) is 0 Å². The number of thiocarbonyl (C=S) groups is 1. The number of hydrogen-bond donors (Lipinski definition) is 0. The monoisotopic (exact) mass is 264 g/mol. The molecule has 2 rings (SSSR count). The highest BCUT2D eigenvalue weighted by atomic mass is 32.2. The minimum absolute atomic E-state index is 0.743. The molecule has 0 N–H and O–H groups in total. The lowest BCUT2D eigenvalue weighted by Crippen LogP contribution is -1.91. The third-order valence-corrected chi connectivity index (χ3v) is 4.47. The molecule has 1 heterocycles. The van der Waals surface area contributed by atoms with Crippen LogP contribution in [0, 0.1) is 0 Å². The van der Waals surface area contributed by atoms with E-state index in [-0.39, 0.29) is 0 Å². The Morgan fingerprint density at radius 3 is 2.62 bits per heavy atom. The zero-order valence-electron chi connectivity index (χ0n) is 8.25. The first kappa shape index (κ1) is 11.6. The SMILES string of the molecule is O=CC1=CSC(=CC(=S)c2ccccc2)S1. The van der Waals surface area contributed by atoms with Crippen LogP contribution in [0.15, 0.2) is 51.0 Å². The smallest absolute Gasteiger partial charge is 0.157 e. The molecule has 0 saturated heterocycles. The van der Waals surface area contributed by atoms with Crippen molar-refractivity contribution in [3.05, 3.63) is 56.5 Å². The number of aldehydes is 1. The van der Waals surface area contributed by atoms with Crippen LogP contribution in [0.3, 0.4) is 0 Å². The predicted molar refractivity (Wildman–Crippen MR) is 75.6 cm³/mol. The van der Waals surface area contributed by atoms with Crippen LogP contribution in [-0.2, 0) is 4.79 Å². The minimum atomic E-state index is 0.743. The van der Waals surface area contributed by atoms with Crippen LogP contribution in [0.1, 0.15) is 5.56 Å². The molecule has 1 aromatic rings. The van der Waals surface area contributed by atoms with Crippen molar-refractivity contribution in [1.29, 1.82) is 0 Å². The van der Waals surface area contributed by atoms with Gasteiger partial charge in [0.15, 0.2) is 6.29 Å². The summed E-state index contributed by atoms with van der Waals surface area (Å²) in [5.41, 5.74) is 1.03. The van der Waals surface area contributed by atoms with E-state index in [1.807, 2.05) is 41.8 Å². The van der Waals surface area contributed by atoms with Crippen LogP contribution in [0.2, 0.25) is 0 Å². The maximum Gasteiger partial charge on any atom is 0.157 e. The van der Waals surface area contributed by atoms with Gasteiger partial charge in [0.25, 0.3) is 0 Å². The Hall–Kier alpha value is -0.840. The lowest BCUT2D eigenvalue weighted by molar-refractivity contribution is -0.104. The maximum atomic E-state index is 10.5. The molecule has 16 heavy (non-hydrogen) atoms. The van der Waals surface area contributed by atoms with Crippen LogP contribution in [-0.4, -0.2) is 11.2 Å². The quantitative estimate of drug-likeness (QED) is 0.357. The standard InChI is InChI=1S/C12H8OS3/c13-7-10-8-15-12(16-10)6-11(14)9-4-2-1-3-5-9/h1-8H. The molecule has 1 nitrogen and oxygen atoms in total. The van der Waals surface area contributed by atoms with Gasteiger partial charge in [0.1, 0.15) is 0 Å². The van der Waals surface area contributed by atoms with E-state index >= 15 is 0 Å². The van der Waals surface area contributed by atoms with Gasteiger partial charge in [0, 0.05) is 4.86 Å². The first-order chi connectivity index (χ1) is 7.79. The molecule has 1 aliphatic heterocycles. The molecular weight excluding hydrogens is 256 g/mol. The summed E-state index contributed by atoms with van der Waals surface area (Å²) in [5, 5.41) is 1.84. The normalized spacial score (nSPS) is 17.2. The lowest BCUT2D eigenvalue weighted by Gasteiger charge is -1.99. The number of allylic oxidation sites excluding steroid dienone is 2. The Bertz CT molecular complexity index is 474. The summed E-state index contributed by atoms with van der Waals surface area (Å²) in [7, 11) is 0. The highest BCUT2D eigenvalue weighted by Crippen LogP contribution is 2.42. The van der Waals surface area contributed by atoms with Gasteiger partial charge in [0.2, 0.25) is 0 Å². The summed E-state index contributed by atoms with van der Waals surface area (Å²) >= 11 is 8.32. The van der Waals surface area contributed by atoms with Crippen molar-refractivity contribution in [3.63, 3.8) is 0 Å². The number of rotatable bonds is 3. The average Bonchev–Trinajstić information content (AvgIpc) is 2.78. The molecule has 0 aliphatic carbocycles. The Morgan fingerprint density at radius 1 is 1.25 bits per heavy atom. The van der Waals surface area contributed by atoms with E-state index in [9.17, 15) is 4.79 Å². The maximum absolute atomic E-state index is 10.5. The van der Waals surface area contributed by atoms with Crippen molar-refractivity contribution < 1.29 is 4.79 Å². The summed E-state index contributed by atoms with van der Waals surface area (Å²) in [5.74, 6) is 0.